The minimum Gasteiger partial charge on any atom is -0.278 e. The molecule has 0 unspecified atom stereocenters. The van der Waals surface area contributed by atoms with E-state index < -0.39 is 0 Å². The van der Waals surface area contributed by atoms with E-state index in [1.807, 2.05) is 0 Å². The first-order chi connectivity index (χ1) is 5.70. The van der Waals surface area contributed by atoms with Gasteiger partial charge in [-0.15, -0.1) is 0 Å². The summed E-state index contributed by atoms with van der Waals surface area (Å²) in [5, 5.41) is 0. The number of carbonyl (C=O) groups excluding carboxylic acids is 2. The van der Waals surface area contributed by atoms with Crippen LogP contribution in [-0.2, 0) is 0 Å². The molecule has 1 heterocycles. The van der Waals surface area contributed by atoms with Crippen LogP contribution in [-0.4, -0.2) is 23.8 Å². The molecule has 0 aliphatic carbocycles. The van der Waals surface area contributed by atoms with E-state index in [-0.39, 0.29) is 11.8 Å². The number of rotatable bonds is 0. The number of hydrogen-bond donors (Lipinski definition) is 0. The van der Waals surface area contributed by atoms with Crippen molar-refractivity contribution < 1.29 is 9.59 Å². The molecular weight excluding hydrogens is 154 g/mol. The molecule has 0 radical (unpaired) electrons. The number of benzene rings is 1. The maximum absolute atomic E-state index is 11.3. The molecule has 1 aromatic carbocycles. The molecule has 0 atom stereocenters. The Morgan fingerprint density at radius 3 is 2.08 bits per heavy atom. The molecule has 2 rings (SSSR count). The molecule has 1 aliphatic rings. The van der Waals surface area contributed by atoms with Crippen molar-refractivity contribution >= 4 is 11.8 Å². The van der Waals surface area contributed by atoms with E-state index in [0.29, 0.717) is 11.1 Å². The number of nitrogens with zero attached hydrogens (tertiary/aromatic N) is 1. The lowest BCUT2D eigenvalue weighted by Gasteiger charge is -2.20. The summed E-state index contributed by atoms with van der Waals surface area (Å²) < 4.78 is 0. The van der Waals surface area contributed by atoms with Crippen LogP contribution in [0.15, 0.2) is 24.3 Å². The van der Waals surface area contributed by atoms with Crippen molar-refractivity contribution in [3.8, 4) is 0 Å². The minimum atomic E-state index is -0.229. The zero-order chi connectivity index (χ0) is 8.72. The normalized spacial score (nSPS) is 15.2. The summed E-state index contributed by atoms with van der Waals surface area (Å²) in [6.07, 6.45) is 0. The molecule has 0 spiro atoms. The highest BCUT2D eigenvalue weighted by Crippen LogP contribution is 2.15. The minimum absolute atomic E-state index is 0.229. The smallest absolute Gasteiger partial charge is 0.260 e. The second-order valence-electron chi connectivity index (χ2n) is 2.75. The summed E-state index contributed by atoms with van der Waals surface area (Å²) in [6.45, 7) is 0. The van der Waals surface area contributed by atoms with Crippen LogP contribution in [0.4, 0.5) is 0 Å². The maximum atomic E-state index is 11.3. The fourth-order valence-electron chi connectivity index (χ4n) is 1.26. The van der Waals surface area contributed by atoms with Crippen molar-refractivity contribution in [3.05, 3.63) is 35.4 Å². The third kappa shape index (κ3) is 0.763. The second-order valence-corrected chi connectivity index (χ2v) is 2.75. The SMILES string of the molecule is CN1C(=O)c2cccc(c2)C1=O. The molecule has 0 fully saturated rings. The monoisotopic (exact) mass is 161 g/mol. The molecule has 2 bridgehead atoms. The standard InChI is InChI=1S/C9H7NO2/c1-10-8(11)6-3-2-4-7(5-6)9(10)12/h2-5H,1H3. The highest BCUT2D eigenvalue weighted by atomic mass is 16.2. The summed E-state index contributed by atoms with van der Waals surface area (Å²) in [7, 11) is 1.49. The van der Waals surface area contributed by atoms with Crippen molar-refractivity contribution in [2.45, 2.75) is 0 Å². The van der Waals surface area contributed by atoms with Crippen molar-refractivity contribution in [2.24, 2.45) is 0 Å². The summed E-state index contributed by atoms with van der Waals surface area (Å²) >= 11 is 0. The predicted molar refractivity (Wildman–Crippen MR) is 42.9 cm³/mol. The zero-order valence-corrected chi connectivity index (χ0v) is 6.57. The Bertz CT molecular complexity index is 339. The molecule has 0 N–H and O–H groups in total. The Hall–Kier alpha value is -1.64. The molecule has 60 valence electrons. The molecular formula is C9H7NO2. The summed E-state index contributed by atoms with van der Waals surface area (Å²) in [4.78, 5) is 23.7. The number of amides is 2. The molecule has 1 aromatic rings. The third-order valence-electron chi connectivity index (χ3n) is 1.97. The average Bonchev–Trinajstić information content (AvgIpc) is 2.13. The van der Waals surface area contributed by atoms with Gasteiger partial charge in [-0.1, -0.05) is 6.07 Å². The Morgan fingerprint density at radius 1 is 1.08 bits per heavy atom. The molecule has 0 saturated heterocycles. The van der Waals surface area contributed by atoms with Gasteiger partial charge in [-0.25, -0.2) is 0 Å². The molecule has 3 nitrogen and oxygen atoms in total. The van der Waals surface area contributed by atoms with Crippen LogP contribution < -0.4 is 0 Å². The Balaban J connectivity index is 2.66. The van der Waals surface area contributed by atoms with Gasteiger partial charge in [0.05, 0.1) is 0 Å². The van der Waals surface area contributed by atoms with Gasteiger partial charge in [-0.3, -0.25) is 14.5 Å². The van der Waals surface area contributed by atoms with E-state index in [4.69, 9.17) is 0 Å². The van der Waals surface area contributed by atoms with E-state index in [1.54, 1.807) is 24.3 Å². The summed E-state index contributed by atoms with van der Waals surface area (Å²) in [6, 6.07) is 6.74. The van der Waals surface area contributed by atoms with Crippen LogP contribution in [0.3, 0.4) is 0 Å². The van der Waals surface area contributed by atoms with Gasteiger partial charge in [0.15, 0.2) is 0 Å². The third-order valence-corrected chi connectivity index (χ3v) is 1.97. The quantitative estimate of drug-likeness (QED) is 0.530. The Morgan fingerprint density at radius 2 is 1.58 bits per heavy atom. The molecule has 0 saturated carbocycles. The van der Waals surface area contributed by atoms with Crippen molar-refractivity contribution in [1.82, 2.24) is 4.90 Å². The van der Waals surface area contributed by atoms with Crippen LogP contribution in [0.25, 0.3) is 0 Å². The lowest BCUT2D eigenvalue weighted by atomic mass is 10.0. The Kier molecular flexibility index (Phi) is 1.27. The van der Waals surface area contributed by atoms with Crippen molar-refractivity contribution in [2.75, 3.05) is 7.05 Å². The highest BCUT2D eigenvalue weighted by Gasteiger charge is 2.25. The van der Waals surface area contributed by atoms with E-state index in [0.717, 1.165) is 4.90 Å². The lowest BCUT2D eigenvalue weighted by Crippen LogP contribution is -2.36. The van der Waals surface area contributed by atoms with Crippen molar-refractivity contribution in [3.63, 3.8) is 0 Å². The zero-order valence-electron chi connectivity index (χ0n) is 6.57. The van der Waals surface area contributed by atoms with E-state index in [1.165, 1.54) is 7.05 Å². The van der Waals surface area contributed by atoms with E-state index in [9.17, 15) is 9.59 Å². The van der Waals surface area contributed by atoms with Gasteiger partial charge >= 0.3 is 0 Å². The molecule has 3 heteroatoms. The number of imide groups is 1. The molecule has 12 heavy (non-hydrogen) atoms. The van der Waals surface area contributed by atoms with Crippen LogP contribution in [0.1, 0.15) is 20.7 Å². The first kappa shape index (κ1) is 7.03. The molecule has 0 aromatic heterocycles. The predicted octanol–water partition coefficient (Wildman–Crippen LogP) is 0.912. The number of carbonyl (C=O) groups is 2. The van der Waals surface area contributed by atoms with Gasteiger partial charge < -0.3 is 0 Å². The maximum Gasteiger partial charge on any atom is 0.260 e. The number of fused-ring (bicyclic) bond motifs is 2. The first-order valence-electron chi connectivity index (χ1n) is 3.62. The van der Waals surface area contributed by atoms with E-state index in [2.05, 4.69) is 0 Å². The lowest BCUT2D eigenvalue weighted by molar-refractivity contribution is 0.0645. The summed E-state index contributed by atoms with van der Waals surface area (Å²) in [5.41, 5.74) is 1.16. The largest absolute Gasteiger partial charge is 0.278 e. The molecule has 2 amide bonds. The first-order valence-corrected chi connectivity index (χ1v) is 3.62. The number of hydrogen-bond acceptors (Lipinski definition) is 2. The van der Waals surface area contributed by atoms with Crippen LogP contribution >= 0.6 is 0 Å². The van der Waals surface area contributed by atoms with Crippen LogP contribution in [0.5, 0.6) is 0 Å². The van der Waals surface area contributed by atoms with Crippen LogP contribution in [0, 0.1) is 0 Å². The van der Waals surface area contributed by atoms with Gasteiger partial charge in [0.2, 0.25) is 0 Å². The van der Waals surface area contributed by atoms with Crippen molar-refractivity contribution in [1.29, 1.82) is 0 Å². The topological polar surface area (TPSA) is 37.4 Å². The van der Waals surface area contributed by atoms with E-state index >= 15 is 0 Å². The average molecular weight is 161 g/mol. The fourth-order valence-corrected chi connectivity index (χ4v) is 1.26. The molecule has 1 aliphatic heterocycles. The van der Waals surface area contributed by atoms with Crippen LogP contribution in [0.2, 0.25) is 0 Å². The Labute approximate surface area is 69.6 Å². The summed E-state index contributed by atoms with van der Waals surface area (Å²) in [5.74, 6) is -0.457. The second kappa shape index (κ2) is 2.17. The van der Waals surface area contributed by atoms with Gasteiger partial charge in [0, 0.05) is 18.2 Å². The fraction of sp³-hybridized carbons (Fsp3) is 0.111. The van der Waals surface area contributed by atoms with Gasteiger partial charge in [0.25, 0.3) is 11.8 Å². The van der Waals surface area contributed by atoms with Gasteiger partial charge in [0.1, 0.15) is 0 Å². The van der Waals surface area contributed by atoms with Gasteiger partial charge in [-0.2, -0.15) is 0 Å². The van der Waals surface area contributed by atoms with Gasteiger partial charge in [-0.05, 0) is 18.2 Å². The highest BCUT2D eigenvalue weighted by molar-refractivity contribution is 6.14.